The molecule has 1 heterocycles. The number of nitrogens with zero attached hydrogens (tertiary/aromatic N) is 1. The zero-order chi connectivity index (χ0) is 17.8. The summed E-state index contributed by atoms with van der Waals surface area (Å²) < 4.78 is 0. The fourth-order valence-corrected chi connectivity index (χ4v) is 4.47. The predicted octanol–water partition coefficient (Wildman–Crippen LogP) is 6.39. The maximum absolute atomic E-state index is 4.65. The quantitative estimate of drug-likeness (QED) is 0.603. The van der Waals surface area contributed by atoms with E-state index in [9.17, 15) is 0 Å². The van der Waals surface area contributed by atoms with E-state index in [0.29, 0.717) is 5.92 Å². The Morgan fingerprint density at radius 1 is 0.885 bits per heavy atom. The molecule has 0 N–H and O–H groups in total. The monoisotopic (exact) mass is 335 g/mol. The highest BCUT2D eigenvalue weighted by atomic mass is 14.7. The molecule has 0 bridgehead atoms. The van der Waals surface area contributed by atoms with Gasteiger partial charge in [-0.2, -0.15) is 0 Å². The van der Waals surface area contributed by atoms with Crippen molar-refractivity contribution in [1.29, 1.82) is 0 Å². The third-order valence-corrected chi connectivity index (χ3v) is 5.71. The van der Waals surface area contributed by atoms with E-state index < -0.39 is 0 Å². The van der Waals surface area contributed by atoms with Crippen molar-refractivity contribution >= 4 is 11.8 Å². The van der Waals surface area contributed by atoms with Crippen LogP contribution in [0.5, 0.6) is 0 Å². The topological polar surface area (TPSA) is 12.4 Å². The van der Waals surface area contributed by atoms with E-state index in [0.717, 1.165) is 5.71 Å². The molecular weight excluding hydrogens is 314 g/mol. The molecule has 26 heavy (non-hydrogen) atoms. The molecule has 5 rings (SSSR count). The highest BCUT2D eigenvalue weighted by Gasteiger charge is 2.34. The van der Waals surface area contributed by atoms with E-state index in [1.54, 1.807) is 0 Å². The van der Waals surface area contributed by atoms with Gasteiger partial charge in [-0.3, -0.25) is 4.99 Å². The molecule has 2 aliphatic carbocycles. The number of hydrogen-bond acceptors (Lipinski definition) is 1. The van der Waals surface area contributed by atoms with Gasteiger partial charge in [0.15, 0.2) is 0 Å². The van der Waals surface area contributed by atoms with Crippen molar-refractivity contribution in [3.63, 3.8) is 0 Å². The van der Waals surface area contributed by atoms with Crippen LogP contribution in [0.1, 0.15) is 36.5 Å². The number of allylic oxidation sites excluding steroid dienone is 6. The van der Waals surface area contributed by atoms with Crippen LogP contribution in [0.3, 0.4) is 0 Å². The largest absolute Gasteiger partial charge is 0.256 e. The number of fused-ring (bicyclic) bond motifs is 2. The summed E-state index contributed by atoms with van der Waals surface area (Å²) in [6, 6.07) is 15.6. The SMILES string of the molecule is CC1=Cc2c(-c3ccc(C)cc3)cccc2C1C1=C(C)C=C2C=CN=C21. The third-order valence-electron chi connectivity index (χ3n) is 5.71. The van der Waals surface area contributed by atoms with Gasteiger partial charge in [0.05, 0.1) is 5.71 Å². The van der Waals surface area contributed by atoms with Crippen molar-refractivity contribution in [3.8, 4) is 11.1 Å². The Hall–Kier alpha value is -2.93. The molecule has 3 aliphatic rings. The van der Waals surface area contributed by atoms with Gasteiger partial charge in [0.25, 0.3) is 0 Å². The van der Waals surface area contributed by atoms with Gasteiger partial charge < -0.3 is 0 Å². The molecule has 0 spiro atoms. The van der Waals surface area contributed by atoms with Crippen LogP contribution < -0.4 is 0 Å². The van der Waals surface area contributed by atoms with Gasteiger partial charge in [-0.1, -0.05) is 59.7 Å². The van der Waals surface area contributed by atoms with Crippen LogP contribution in [0.15, 0.2) is 88.1 Å². The first-order chi connectivity index (χ1) is 12.6. The second-order valence-corrected chi connectivity index (χ2v) is 7.49. The van der Waals surface area contributed by atoms with Crippen LogP contribution in [-0.2, 0) is 0 Å². The van der Waals surface area contributed by atoms with E-state index in [1.165, 1.54) is 50.1 Å². The van der Waals surface area contributed by atoms with E-state index in [1.807, 2.05) is 6.20 Å². The fourth-order valence-electron chi connectivity index (χ4n) is 4.47. The molecule has 0 radical (unpaired) electrons. The van der Waals surface area contributed by atoms with Crippen LogP contribution >= 0.6 is 0 Å². The Kier molecular flexibility index (Phi) is 3.27. The molecule has 1 unspecified atom stereocenters. The van der Waals surface area contributed by atoms with E-state index in [2.05, 4.69) is 86.5 Å². The molecular formula is C25H21N. The van der Waals surface area contributed by atoms with Crippen molar-refractivity contribution < 1.29 is 0 Å². The van der Waals surface area contributed by atoms with Crippen molar-refractivity contribution in [3.05, 3.63) is 99.8 Å². The second-order valence-electron chi connectivity index (χ2n) is 7.49. The zero-order valence-corrected chi connectivity index (χ0v) is 15.4. The maximum atomic E-state index is 4.65. The standard InChI is InChI=1S/C25H21N/c1-15-7-9-18(10-8-15)20-5-4-6-21-22(20)14-17(3)23(21)24-16(2)13-19-11-12-26-25(19)24/h4-14,23H,1-3H3. The Balaban J connectivity index is 1.65. The number of rotatable bonds is 2. The lowest BCUT2D eigenvalue weighted by atomic mass is 9.84. The van der Waals surface area contributed by atoms with Gasteiger partial charge in [0, 0.05) is 17.7 Å². The molecule has 1 heteroatoms. The third kappa shape index (κ3) is 2.13. The van der Waals surface area contributed by atoms with Crippen LogP contribution in [0.4, 0.5) is 0 Å². The average Bonchev–Trinajstić information content (AvgIpc) is 3.28. The first kappa shape index (κ1) is 15.3. The lowest BCUT2D eigenvalue weighted by Gasteiger charge is -2.19. The first-order valence-electron chi connectivity index (χ1n) is 9.19. The predicted molar refractivity (Wildman–Crippen MR) is 110 cm³/mol. The van der Waals surface area contributed by atoms with E-state index in [-0.39, 0.29) is 0 Å². The summed E-state index contributed by atoms with van der Waals surface area (Å²) in [5, 5.41) is 0. The van der Waals surface area contributed by atoms with Gasteiger partial charge in [-0.25, -0.2) is 0 Å². The number of aliphatic imine (C=N–C) groups is 1. The number of aryl methyl sites for hydroxylation is 1. The molecule has 2 aromatic carbocycles. The van der Waals surface area contributed by atoms with Crippen molar-refractivity contribution in [2.45, 2.75) is 26.7 Å². The molecule has 1 aliphatic heterocycles. The molecule has 0 saturated carbocycles. The van der Waals surface area contributed by atoms with E-state index >= 15 is 0 Å². The van der Waals surface area contributed by atoms with Crippen LogP contribution in [-0.4, -0.2) is 5.71 Å². The molecule has 2 aromatic rings. The van der Waals surface area contributed by atoms with Crippen LogP contribution in [0.25, 0.3) is 17.2 Å². The van der Waals surface area contributed by atoms with Gasteiger partial charge in [-0.05, 0) is 66.3 Å². The van der Waals surface area contributed by atoms with Gasteiger partial charge in [0.1, 0.15) is 0 Å². The Labute approximate surface area is 154 Å². The Bertz CT molecular complexity index is 1090. The Morgan fingerprint density at radius 2 is 1.69 bits per heavy atom. The molecule has 0 fully saturated rings. The minimum absolute atomic E-state index is 0.308. The fraction of sp³-hybridized carbons (Fsp3) is 0.160. The maximum Gasteiger partial charge on any atom is 0.0746 e. The lowest BCUT2D eigenvalue weighted by Crippen LogP contribution is -2.10. The summed E-state index contributed by atoms with van der Waals surface area (Å²) in [5.41, 5.74) is 13.2. The summed E-state index contributed by atoms with van der Waals surface area (Å²) in [4.78, 5) is 4.65. The number of hydrogen-bond donors (Lipinski definition) is 0. The van der Waals surface area contributed by atoms with Gasteiger partial charge in [-0.15, -0.1) is 0 Å². The summed E-state index contributed by atoms with van der Waals surface area (Å²) in [5.74, 6) is 0.308. The van der Waals surface area contributed by atoms with Crippen molar-refractivity contribution in [2.24, 2.45) is 4.99 Å². The number of benzene rings is 2. The second kappa shape index (κ2) is 5.54. The summed E-state index contributed by atoms with van der Waals surface area (Å²) >= 11 is 0. The van der Waals surface area contributed by atoms with E-state index in [4.69, 9.17) is 0 Å². The van der Waals surface area contributed by atoms with Crippen LogP contribution in [0.2, 0.25) is 0 Å². The van der Waals surface area contributed by atoms with Gasteiger partial charge >= 0.3 is 0 Å². The molecule has 126 valence electrons. The molecule has 0 saturated heterocycles. The van der Waals surface area contributed by atoms with Crippen molar-refractivity contribution in [2.75, 3.05) is 0 Å². The minimum Gasteiger partial charge on any atom is -0.256 e. The smallest absolute Gasteiger partial charge is 0.0746 e. The highest BCUT2D eigenvalue weighted by molar-refractivity contribution is 6.20. The lowest BCUT2D eigenvalue weighted by molar-refractivity contribution is 0.982. The molecule has 0 aromatic heterocycles. The summed E-state index contributed by atoms with van der Waals surface area (Å²) in [7, 11) is 0. The van der Waals surface area contributed by atoms with Crippen LogP contribution in [0, 0.1) is 6.92 Å². The van der Waals surface area contributed by atoms with Gasteiger partial charge in [0.2, 0.25) is 0 Å². The zero-order valence-electron chi connectivity index (χ0n) is 15.4. The highest BCUT2D eigenvalue weighted by Crippen LogP contribution is 2.48. The molecule has 1 nitrogen and oxygen atoms in total. The molecule has 0 amide bonds. The molecule has 1 atom stereocenters. The summed E-state index contributed by atoms with van der Waals surface area (Å²) in [6.45, 7) is 6.60. The van der Waals surface area contributed by atoms with Crippen molar-refractivity contribution in [1.82, 2.24) is 0 Å². The average molecular weight is 335 g/mol. The Morgan fingerprint density at radius 3 is 2.50 bits per heavy atom. The summed E-state index contributed by atoms with van der Waals surface area (Å²) in [6.07, 6.45) is 8.68. The first-order valence-corrected chi connectivity index (χ1v) is 9.19. The normalized spacial score (nSPS) is 20.1. The minimum atomic E-state index is 0.308.